The van der Waals surface area contributed by atoms with Gasteiger partial charge in [-0.05, 0) is 48.6 Å². The third-order valence-corrected chi connectivity index (χ3v) is 4.75. The van der Waals surface area contributed by atoms with Gasteiger partial charge in [0.2, 0.25) is 0 Å². The minimum Gasteiger partial charge on any atom is -0.308 e. The van der Waals surface area contributed by atoms with Crippen molar-refractivity contribution < 1.29 is 0 Å². The number of hydrogen-bond acceptors (Lipinski definition) is 3. The minimum atomic E-state index is 0.721. The first-order chi connectivity index (χ1) is 9.35. The van der Waals surface area contributed by atoms with E-state index in [0.29, 0.717) is 0 Å². The number of thiophene rings is 1. The Morgan fingerprint density at radius 3 is 2.74 bits per heavy atom. The molecule has 0 saturated carbocycles. The van der Waals surface area contributed by atoms with Gasteiger partial charge in [-0.2, -0.15) is 5.26 Å². The van der Waals surface area contributed by atoms with E-state index in [4.69, 9.17) is 5.26 Å². The van der Waals surface area contributed by atoms with Crippen LogP contribution < -0.4 is 5.32 Å². The number of rotatable bonds is 4. The molecule has 96 valence electrons. The highest BCUT2D eigenvalue weighted by Crippen LogP contribution is 2.30. The van der Waals surface area contributed by atoms with E-state index in [1.165, 1.54) is 29.7 Å². The summed E-state index contributed by atoms with van der Waals surface area (Å²) in [7, 11) is 0. The van der Waals surface area contributed by atoms with Crippen LogP contribution in [0.15, 0.2) is 30.3 Å². The molecule has 3 rings (SSSR count). The molecule has 1 aromatic carbocycles. The van der Waals surface area contributed by atoms with E-state index in [9.17, 15) is 0 Å². The van der Waals surface area contributed by atoms with Gasteiger partial charge in [-0.3, -0.25) is 0 Å². The molecule has 1 heterocycles. The third kappa shape index (κ3) is 2.86. The summed E-state index contributed by atoms with van der Waals surface area (Å²) in [5, 5.41) is 12.2. The van der Waals surface area contributed by atoms with E-state index in [0.717, 1.165) is 18.7 Å². The number of nitriles is 1. The van der Waals surface area contributed by atoms with Gasteiger partial charge in [0, 0.05) is 22.8 Å². The van der Waals surface area contributed by atoms with Crippen LogP contribution in [0.2, 0.25) is 0 Å². The van der Waals surface area contributed by atoms with E-state index < -0.39 is 0 Å². The van der Waals surface area contributed by atoms with Gasteiger partial charge in [-0.15, -0.1) is 11.3 Å². The van der Waals surface area contributed by atoms with Crippen LogP contribution in [0, 0.1) is 11.3 Å². The normalized spacial score (nSPS) is 13.2. The SMILES string of the molecule is N#Cc1ccc(CNCc2cc3c(s2)CCC3)cc1. The van der Waals surface area contributed by atoms with Crippen molar-refractivity contribution in [3.05, 3.63) is 56.8 Å². The Morgan fingerprint density at radius 2 is 2.00 bits per heavy atom. The fourth-order valence-electron chi connectivity index (χ4n) is 2.50. The summed E-state index contributed by atoms with van der Waals surface area (Å²) in [5.41, 5.74) is 3.52. The number of fused-ring (bicyclic) bond motifs is 1. The van der Waals surface area contributed by atoms with Gasteiger partial charge in [0.05, 0.1) is 11.6 Å². The molecular weight excluding hydrogens is 252 g/mol. The Morgan fingerprint density at radius 1 is 1.16 bits per heavy atom. The molecule has 3 heteroatoms. The molecule has 0 atom stereocenters. The fourth-order valence-corrected chi connectivity index (χ4v) is 3.74. The van der Waals surface area contributed by atoms with Gasteiger partial charge >= 0.3 is 0 Å². The zero-order chi connectivity index (χ0) is 13.1. The molecule has 0 radical (unpaired) electrons. The highest BCUT2D eigenvalue weighted by Gasteiger charge is 2.14. The maximum absolute atomic E-state index is 8.75. The largest absolute Gasteiger partial charge is 0.308 e. The van der Waals surface area contributed by atoms with Gasteiger partial charge < -0.3 is 5.32 Å². The fraction of sp³-hybridized carbons (Fsp3) is 0.312. The number of nitrogens with one attached hydrogen (secondary N) is 1. The lowest BCUT2D eigenvalue weighted by Gasteiger charge is -2.03. The Balaban J connectivity index is 1.53. The molecule has 0 spiro atoms. The standard InChI is InChI=1S/C16H16N2S/c17-9-12-4-6-13(7-5-12)10-18-11-15-8-14-2-1-3-16(14)19-15/h4-8,18H,1-3,10-11H2. The van der Waals surface area contributed by atoms with Crippen LogP contribution in [0.1, 0.15) is 32.9 Å². The van der Waals surface area contributed by atoms with Gasteiger partial charge in [0.25, 0.3) is 0 Å². The van der Waals surface area contributed by atoms with Gasteiger partial charge in [-0.25, -0.2) is 0 Å². The van der Waals surface area contributed by atoms with Crippen molar-refractivity contribution in [2.45, 2.75) is 32.4 Å². The van der Waals surface area contributed by atoms with Gasteiger partial charge in [0.15, 0.2) is 0 Å². The lowest BCUT2D eigenvalue weighted by molar-refractivity contribution is 0.700. The molecule has 2 aromatic rings. The van der Waals surface area contributed by atoms with Crippen LogP contribution in [-0.4, -0.2) is 0 Å². The molecule has 1 N–H and O–H groups in total. The summed E-state index contributed by atoms with van der Waals surface area (Å²) in [4.78, 5) is 3.04. The first-order valence-electron chi connectivity index (χ1n) is 6.65. The number of aryl methyl sites for hydroxylation is 2. The molecule has 0 amide bonds. The lowest BCUT2D eigenvalue weighted by Crippen LogP contribution is -2.11. The summed E-state index contributed by atoms with van der Waals surface area (Å²) in [5.74, 6) is 0. The van der Waals surface area contributed by atoms with E-state index in [-0.39, 0.29) is 0 Å². The topological polar surface area (TPSA) is 35.8 Å². The molecule has 2 nitrogen and oxygen atoms in total. The van der Waals surface area contributed by atoms with E-state index in [1.54, 1.807) is 10.4 Å². The number of nitrogens with zero attached hydrogens (tertiary/aromatic N) is 1. The summed E-state index contributed by atoms with van der Waals surface area (Å²) in [6.45, 7) is 1.80. The smallest absolute Gasteiger partial charge is 0.0991 e. The predicted molar refractivity (Wildman–Crippen MR) is 78.0 cm³/mol. The van der Waals surface area contributed by atoms with Gasteiger partial charge in [0.1, 0.15) is 0 Å². The highest BCUT2D eigenvalue weighted by molar-refractivity contribution is 7.12. The van der Waals surface area contributed by atoms with E-state index >= 15 is 0 Å². The predicted octanol–water partition coefficient (Wildman–Crippen LogP) is 3.40. The summed E-state index contributed by atoms with van der Waals surface area (Å²) in [6, 6.07) is 12.3. The van der Waals surface area contributed by atoms with E-state index in [1.807, 2.05) is 35.6 Å². The molecule has 0 unspecified atom stereocenters. The van der Waals surface area contributed by atoms with Crippen LogP contribution in [0.25, 0.3) is 0 Å². The summed E-state index contributed by atoms with van der Waals surface area (Å²) in [6.07, 6.45) is 3.87. The average molecular weight is 268 g/mol. The quantitative estimate of drug-likeness (QED) is 0.922. The molecule has 0 aliphatic heterocycles. The number of hydrogen-bond donors (Lipinski definition) is 1. The average Bonchev–Trinajstić information content (AvgIpc) is 3.00. The van der Waals surface area contributed by atoms with Gasteiger partial charge in [-0.1, -0.05) is 12.1 Å². The zero-order valence-corrected chi connectivity index (χ0v) is 11.6. The summed E-state index contributed by atoms with van der Waals surface area (Å²) >= 11 is 1.96. The second kappa shape index (κ2) is 5.56. The Labute approximate surface area is 117 Å². The van der Waals surface area contributed by atoms with Crippen molar-refractivity contribution in [2.75, 3.05) is 0 Å². The summed E-state index contributed by atoms with van der Waals surface area (Å²) < 4.78 is 0. The van der Waals surface area contributed by atoms with Crippen molar-refractivity contribution in [2.24, 2.45) is 0 Å². The Bertz CT molecular complexity index is 583. The maximum Gasteiger partial charge on any atom is 0.0991 e. The third-order valence-electron chi connectivity index (χ3n) is 3.51. The first-order valence-corrected chi connectivity index (χ1v) is 7.47. The minimum absolute atomic E-state index is 0.721. The second-order valence-electron chi connectivity index (χ2n) is 4.93. The van der Waals surface area contributed by atoms with Crippen LogP contribution >= 0.6 is 11.3 Å². The van der Waals surface area contributed by atoms with Crippen molar-refractivity contribution in [1.29, 1.82) is 5.26 Å². The van der Waals surface area contributed by atoms with Crippen molar-refractivity contribution in [1.82, 2.24) is 5.32 Å². The van der Waals surface area contributed by atoms with Crippen LogP contribution in [0.3, 0.4) is 0 Å². The molecule has 19 heavy (non-hydrogen) atoms. The molecular formula is C16H16N2S. The number of benzene rings is 1. The molecule has 1 aliphatic carbocycles. The van der Waals surface area contributed by atoms with Crippen LogP contribution in [0.5, 0.6) is 0 Å². The van der Waals surface area contributed by atoms with Crippen molar-refractivity contribution in [3.8, 4) is 6.07 Å². The zero-order valence-electron chi connectivity index (χ0n) is 10.8. The first kappa shape index (κ1) is 12.4. The molecule has 0 fully saturated rings. The van der Waals surface area contributed by atoms with Crippen LogP contribution in [-0.2, 0) is 25.9 Å². The van der Waals surface area contributed by atoms with Crippen molar-refractivity contribution >= 4 is 11.3 Å². The molecule has 1 aliphatic rings. The highest BCUT2D eigenvalue weighted by atomic mass is 32.1. The molecule has 1 aromatic heterocycles. The lowest BCUT2D eigenvalue weighted by atomic mass is 10.1. The van der Waals surface area contributed by atoms with E-state index in [2.05, 4.69) is 17.5 Å². The second-order valence-corrected chi connectivity index (χ2v) is 6.15. The van der Waals surface area contributed by atoms with Crippen molar-refractivity contribution in [3.63, 3.8) is 0 Å². The maximum atomic E-state index is 8.75. The Hall–Kier alpha value is -1.63. The van der Waals surface area contributed by atoms with Crippen LogP contribution in [0.4, 0.5) is 0 Å². The Kier molecular flexibility index (Phi) is 3.63. The monoisotopic (exact) mass is 268 g/mol. The molecule has 0 bridgehead atoms. The molecule has 0 saturated heterocycles.